The van der Waals surface area contributed by atoms with Crippen molar-refractivity contribution in [2.24, 2.45) is 4.99 Å². The molecule has 1 aromatic carbocycles. The van der Waals surface area contributed by atoms with Crippen LogP contribution >= 0.6 is 24.0 Å². The predicted octanol–water partition coefficient (Wildman–Crippen LogP) is 1.76. The van der Waals surface area contributed by atoms with Gasteiger partial charge in [-0.3, -0.25) is 4.57 Å². The minimum absolute atomic E-state index is 0. The fourth-order valence-corrected chi connectivity index (χ4v) is 3.12. The lowest BCUT2D eigenvalue weighted by atomic mass is 10.3. The van der Waals surface area contributed by atoms with Crippen molar-refractivity contribution >= 4 is 39.8 Å². The van der Waals surface area contributed by atoms with E-state index in [0.29, 0.717) is 25.5 Å². The zero-order valence-electron chi connectivity index (χ0n) is 15.8. The molecule has 0 saturated carbocycles. The van der Waals surface area contributed by atoms with E-state index in [9.17, 15) is 8.42 Å². The van der Waals surface area contributed by atoms with Crippen LogP contribution in [-0.4, -0.2) is 53.7 Å². The highest BCUT2D eigenvalue weighted by Gasteiger charge is 2.10. The highest BCUT2D eigenvalue weighted by Crippen LogP contribution is 2.09. The lowest BCUT2D eigenvalue weighted by Gasteiger charge is -2.17. The van der Waals surface area contributed by atoms with E-state index in [2.05, 4.69) is 25.8 Å². The summed E-state index contributed by atoms with van der Waals surface area (Å²) >= 11 is 0. The SMILES string of the molecule is CCNC(=NCc1nncn1-c1ccccc1)NC(C)CCS(C)(=O)=O.I. The van der Waals surface area contributed by atoms with Crippen molar-refractivity contribution in [3.05, 3.63) is 42.5 Å². The molecule has 10 heteroatoms. The summed E-state index contributed by atoms with van der Waals surface area (Å²) in [5.41, 5.74) is 0.974. The van der Waals surface area contributed by atoms with Crippen LogP contribution in [0.5, 0.6) is 0 Å². The third-order valence-corrected chi connectivity index (χ3v) is 4.66. The molecule has 0 saturated heterocycles. The van der Waals surface area contributed by atoms with Crippen LogP contribution in [0.4, 0.5) is 0 Å². The normalized spacial score (nSPS) is 12.9. The average molecular weight is 506 g/mol. The largest absolute Gasteiger partial charge is 0.357 e. The van der Waals surface area contributed by atoms with E-state index in [1.54, 1.807) is 6.33 Å². The van der Waals surface area contributed by atoms with Gasteiger partial charge in [0.25, 0.3) is 0 Å². The zero-order chi connectivity index (χ0) is 19.0. The molecule has 27 heavy (non-hydrogen) atoms. The Morgan fingerprint density at radius 1 is 1.30 bits per heavy atom. The number of nitrogens with one attached hydrogen (secondary N) is 2. The quantitative estimate of drug-likeness (QED) is 0.322. The van der Waals surface area contributed by atoms with E-state index >= 15 is 0 Å². The molecule has 0 amide bonds. The molecule has 0 radical (unpaired) electrons. The third-order valence-electron chi connectivity index (χ3n) is 3.68. The third kappa shape index (κ3) is 8.24. The second kappa shape index (κ2) is 11.2. The molecule has 2 aromatic rings. The molecule has 0 spiro atoms. The van der Waals surface area contributed by atoms with Crippen molar-refractivity contribution < 1.29 is 8.42 Å². The molecule has 150 valence electrons. The van der Waals surface area contributed by atoms with Crippen molar-refractivity contribution in [1.82, 2.24) is 25.4 Å². The number of halogens is 1. The first kappa shape index (κ1) is 23.3. The predicted molar refractivity (Wildman–Crippen MR) is 119 cm³/mol. The first-order valence-corrected chi connectivity index (χ1v) is 10.6. The van der Waals surface area contributed by atoms with Crippen molar-refractivity contribution in [3.63, 3.8) is 0 Å². The molecular formula is C17H27IN6O2S. The summed E-state index contributed by atoms with van der Waals surface area (Å²) in [5.74, 6) is 1.48. The summed E-state index contributed by atoms with van der Waals surface area (Å²) in [4.78, 5) is 4.55. The number of benzene rings is 1. The van der Waals surface area contributed by atoms with Gasteiger partial charge in [-0.25, -0.2) is 13.4 Å². The van der Waals surface area contributed by atoms with Crippen molar-refractivity contribution in [3.8, 4) is 5.69 Å². The summed E-state index contributed by atoms with van der Waals surface area (Å²) in [5, 5.41) is 14.5. The van der Waals surface area contributed by atoms with Crippen LogP contribution in [0.25, 0.3) is 5.69 Å². The smallest absolute Gasteiger partial charge is 0.191 e. The Hall–Kier alpha value is -1.69. The Kier molecular flexibility index (Phi) is 9.70. The Bertz CT molecular complexity index is 823. The molecule has 8 nitrogen and oxygen atoms in total. The second-order valence-corrected chi connectivity index (χ2v) is 8.37. The summed E-state index contributed by atoms with van der Waals surface area (Å²) in [6.07, 6.45) is 3.42. The summed E-state index contributed by atoms with van der Waals surface area (Å²) in [6, 6.07) is 9.81. The average Bonchev–Trinajstić information content (AvgIpc) is 3.07. The molecule has 0 fully saturated rings. The maximum absolute atomic E-state index is 11.3. The first-order chi connectivity index (χ1) is 12.4. The number of aliphatic imine (C=N–C) groups is 1. The monoisotopic (exact) mass is 506 g/mol. The van der Waals surface area contributed by atoms with E-state index in [-0.39, 0.29) is 35.8 Å². The molecule has 0 aliphatic heterocycles. The summed E-state index contributed by atoms with van der Waals surface area (Å²) in [7, 11) is -2.97. The van der Waals surface area contributed by atoms with Gasteiger partial charge < -0.3 is 10.6 Å². The van der Waals surface area contributed by atoms with Crippen molar-refractivity contribution in [2.45, 2.75) is 32.9 Å². The van der Waals surface area contributed by atoms with Gasteiger partial charge in [0.05, 0.1) is 5.75 Å². The lowest BCUT2D eigenvalue weighted by Crippen LogP contribution is -2.42. The first-order valence-electron chi connectivity index (χ1n) is 8.56. The number of hydrogen-bond acceptors (Lipinski definition) is 5. The molecule has 0 aliphatic carbocycles. The number of guanidine groups is 1. The van der Waals surface area contributed by atoms with Gasteiger partial charge in [0.1, 0.15) is 22.7 Å². The highest BCUT2D eigenvalue weighted by molar-refractivity contribution is 14.0. The number of aromatic nitrogens is 3. The Morgan fingerprint density at radius 3 is 2.63 bits per heavy atom. The maximum Gasteiger partial charge on any atom is 0.191 e. The van der Waals surface area contributed by atoms with Gasteiger partial charge in [0.2, 0.25) is 0 Å². The van der Waals surface area contributed by atoms with E-state index in [4.69, 9.17) is 0 Å². The van der Waals surface area contributed by atoms with Gasteiger partial charge in [-0.2, -0.15) is 0 Å². The Labute approximate surface area is 177 Å². The van der Waals surface area contributed by atoms with Crippen LogP contribution in [0.2, 0.25) is 0 Å². The molecule has 2 N–H and O–H groups in total. The summed E-state index contributed by atoms with van der Waals surface area (Å²) < 4.78 is 24.5. The number of rotatable bonds is 8. The minimum Gasteiger partial charge on any atom is -0.357 e. The van der Waals surface area contributed by atoms with Crippen LogP contribution in [0.15, 0.2) is 41.7 Å². The summed E-state index contributed by atoms with van der Waals surface area (Å²) in [6.45, 7) is 4.97. The lowest BCUT2D eigenvalue weighted by molar-refractivity contribution is 0.581. The standard InChI is InChI=1S/C17H26N6O2S.HI/c1-4-18-17(21-14(2)10-11-26(3,24)25)19-12-16-22-20-13-23(16)15-8-6-5-7-9-15;/h5-9,13-14H,4,10-12H2,1-3H3,(H2,18,19,21);1H. The number of nitrogens with zero attached hydrogens (tertiary/aromatic N) is 4. The number of hydrogen-bond donors (Lipinski definition) is 2. The van der Waals surface area contributed by atoms with E-state index in [1.165, 1.54) is 6.26 Å². The highest BCUT2D eigenvalue weighted by atomic mass is 127. The zero-order valence-corrected chi connectivity index (χ0v) is 18.9. The van der Waals surface area contributed by atoms with E-state index < -0.39 is 9.84 Å². The Balaban J connectivity index is 0.00000364. The maximum atomic E-state index is 11.3. The van der Waals surface area contributed by atoms with E-state index in [1.807, 2.05) is 48.7 Å². The topological polar surface area (TPSA) is 101 Å². The van der Waals surface area contributed by atoms with Crippen LogP contribution in [0.3, 0.4) is 0 Å². The Morgan fingerprint density at radius 2 is 2.00 bits per heavy atom. The molecule has 0 bridgehead atoms. The van der Waals surface area contributed by atoms with Crippen LogP contribution in [0.1, 0.15) is 26.1 Å². The number of sulfone groups is 1. The molecule has 1 atom stereocenters. The molecule has 1 aromatic heterocycles. The van der Waals surface area contributed by atoms with Crippen molar-refractivity contribution in [2.75, 3.05) is 18.6 Å². The molecular weight excluding hydrogens is 479 g/mol. The van der Waals surface area contributed by atoms with Gasteiger partial charge >= 0.3 is 0 Å². The van der Waals surface area contributed by atoms with Crippen molar-refractivity contribution in [1.29, 1.82) is 0 Å². The van der Waals surface area contributed by atoms with Gasteiger partial charge in [-0.05, 0) is 32.4 Å². The minimum atomic E-state index is -2.97. The fraction of sp³-hybridized carbons (Fsp3) is 0.471. The van der Waals surface area contributed by atoms with Gasteiger partial charge in [-0.15, -0.1) is 34.2 Å². The fourth-order valence-electron chi connectivity index (χ4n) is 2.34. The molecule has 0 aliphatic rings. The van der Waals surface area contributed by atoms with Crippen LogP contribution in [-0.2, 0) is 16.4 Å². The van der Waals surface area contributed by atoms with E-state index in [0.717, 1.165) is 11.5 Å². The van der Waals surface area contributed by atoms with Crippen LogP contribution < -0.4 is 10.6 Å². The van der Waals surface area contributed by atoms with Gasteiger partial charge in [0, 0.05) is 24.5 Å². The second-order valence-electron chi connectivity index (χ2n) is 6.11. The van der Waals surface area contributed by atoms with Crippen LogP contribution in [0, 0.1) is 0 Å². The molecule has 1 heterocycles. The molecule has 1 unspecified atom stereocenters. The number of para-hydroxylation sites is 1. The molecule has 2 rings (SSSR count). The van der Waals surface area contributed by atoms with Gasteiger partial charge in [-0.1, -0.05) is 18.2 Å². The van der Waals surface area contributed by atoms with Gasteiger partial charge in [0.15, 0.2) is 11.8 Å².